The number of carbonyl (C=O) groups is 3. The second kappa shape index (κ2) is 11.0. The van der Waals surface area contributed by atoms with Crippen LogP contribution in [0.25, 0.3) is 10.9 Å². The molecule has 8 heteroatoms. The number of benzene rings is 2. The summed E-state index contributed by atoms with van der Waals surface area (Å²) in [6, 6.07) is 14.6. The van der Waals surface area contributed by atoms with E-state index in [1.807, 2.05) is 24.3 Å². The number of halogens is 1. The van der Waals surface area contributed by atoms with E-state index in [-0.39, 0.29) is 23.7 Å². The quantitative estimate of drug-likeness (QED) is 0.311. The molecule has 35 heavy (non-hydrogen) atoms. The third kappa shape index (κ3) is 5.68. The fourth-order valence-electron chi connectivity index (χ4n) is 4.62. The maximum absolute atomic E-state index is 12.7. The van der Waals surface area contributed by atoms with Crippen molar-refractivity contribution in [2.45, 2.75) is 44.6 Å². The monoisotopic (exact) mass is 496 g/mol. The van der Waals surface area contributed by atoms with Crippen LogP contribution < -0.4 is 10.1 Å². The number of carboxylic acid groups (broad SMARTS) is 1. The van der Waals surface area contributed by atoms with Gasteiger partial charge in [0.05, 0.1) is 17.0 Å². The minimum Gasteiger partial charge on any atom is -0.490 e. The molecule has 0 aliphatic heterocycles. The van der Waals surface area contributed by atoms with E-state index in [9.17, 15) is 14.4 Å². The first kappa shape index (κ1) is 24.8. The molecular weight excluding hydrogens is 468 g/mol. The highest BCUT2D eigenvalue weighted by atomic mass is 35.5. The Morgan fingerprint density at radius 1 is 1.06 bits per heavy atom. The minimum atomic E-state index is -0.733. The molecule has 7 nitrogen and oxygen atoms in total. The number of carbonyl (C=O) groups excluding carboxylic acids is 2. The molecule has 0 spiro atoms. The van der Waals surface area contributed by atoms with E-state index in [0.717, 1.165) is 10.9 Å². The Morgan fingerprint density at radius 2 is 1.74 bits per heavy atom. The van der Waals surface area contributed by atoms with Gasteiger partial charge >= 0.3 is 5.97 Å². The van der Waals surface area contributed by atoms with Crippen LogP contribution in [0.2, 0.25) is 5.02 Å². The molecule has 1 fully saturated rings. The van der Waals surface area contributed by atoms with E-state index in [2.05, 4.69) is 5.32 Å². The van der Waals surface area contributed by atoms with Crippen molar-refractivity contribution in [2.24, 2.45) is 13.0 Å². The van der Waals surface area contributed by atoms with Crippen molar-refractivity contribution >= 4 is 40.2 Å². The van der Waals surface area contributed by atoms with Gasteiger partial charge in [0.25, 0.3) is 5.91 Å². The molecule has 2 N–H and O–H groups in total. The number of aliphatic carboxylic acids is 1. The number of ketones is 1. The van der Waals surface area contributed by atoms with Crippen molar-refractivity contribution in [3.05, 3.63) is 64.8 Å². The molecule has 0 bridgehead atoms. The third-order valence-corrected chi connectivity index (χ3v) is 7.01. The van der Waals surface area contributed by atoms with E-state index in [1.165, 1.54) is 0 Å². The number of nitrogens with zero attached hydrogens (tertiary/aromatic N) is 1. The SMILES string of the molecule is Cn1c(C(=O)NCCCC(=O)c2ccc(OC3CCC(C(=O)O)CC3)cc2)c(Cl)c2ccccc21. The van der Waals surface area contributed by atoms with Crippen molar-refractivity contribution in [1.29, 1.82) is 0 Å². The van der Waals surface area contributed by atoms with Crippen LogP contribution in [0.3, 0.4) is 0 Å². The molecule has 2 aromatic carbocycles. The zero-order chi connectivity index (χ0) is 24.9. The molecule has 1 amide bonds. The van der Waals surface area contributed by atoms with Crippen LogP contribution in [0.5, 0.6) is 5.75 Å². The van der Waals surface area contributed by atoms with Crippen LogP contribution in [0, 0.1) is 5.92 Å². The van der Waals surface area contributed by atoms with Gasteiger partial charge in [0.15, 0.2) is 5.78 Å². The lowest BCUT2D eigenvalue weighted by Gasteiger charge is -2.26. The van der Waals surface area contributed by atoms with Crippen molar-refractivity contribution in [2.75, 3.05) is 6.54 Å². The summed E-state index contributed by atoms with van der Waals surface area (Å²) in [5.41, 5.74) is 1.89. The van der Waals surface area contributed by atoms with Crippen LogP contribution in [0.4, 0.5) is 0 Å². The van der Waals surface area contributed by atoms with Gasteiger partial charge in [-0.2, -0.15) is 0 Å². The Balaban J connectivity index is 1.23. The average Bonchev–Trinajstić information content (AvgIpc) is 3.12. The number of hydrogen-bond donors (Lipinski definition) is 2. The zero-order valence-electron chi connectivity index (χ0n) is 19.6. The van der Waals surface area contributed by atoms with Gasteiger partial charge in [0.2, 0.25) is 0 Å². The molecule has 0 atom stereocenters. The fraction of sp³-hybridized carbons (Fsp3) is 0.370. The van der Waals surface area contributed by atoms with Crippen molar-refractivity contribution in [1.82, 2.24) is 9.88 Å². The smallest absolute Gasteiger partial charge is 0.306 e. The summed E-state index contributed by atoms with van der Waals surface area (Å²) < 4.78 is 7.74. The highest BCUT2D eigenvalue weighted by Crippen LogP contribution is 2.30. The van der Waals surface area contributed by atoms with E-state index >= 15 is 0 Å². The maximum atomic E-state index is 12.7. The first-order valence-electron chi connectivity index (χ1n) is 11.9. The molecule has 1 aromatic heterocycles. The lowest BCUT2D eigenvalue weighted by Crippen LogP contribution is -2.27. The Morgan fingerprint density at radius 3 is 2.40 bits per heavy atom. The number of aryl methyl sites for hydroxylation is 1. The molecular formula is C27H29ClN2O5. The largest absolute Gasteiger partial charge is 0.490 e. The maximum Gasteiger partial charge on any atom is 0.306 e. The van der Waals surface area contributed by atoms with Crippen LogP contribution in [-0.4, -0.2) is 40.0 Å². The lowest BCUT2D eigenvalue weighted by atomic mass is 9.87. The number of aromatic nitrogens is 1. The van der Waals surface area contributed by atoms with E-state index in [0.29, 0.717) is 67.1 Å². The Kier molecular flexibility index (Phi) is 7.76. The van der Waals surface area contributed by atoms with Crippen LogP contribution in [0.15, 0.2) is 48.5 Å². The summed E-state index contributed by atoms with van der Waals surface area (Å²) in [5, 5.41) is 13.2. The van der Waals surface area contributed by atoms with Crippen LogP contribution in [0.1, 0.15) is 59.4 Å². The summed E-state index contributed by atoms with van der Waals surface area (Å²) >= 11 is 6.42. The van der Waals surface area contributed by atoms with Gasteiger partial charge < -0.3 is 19.7 Å². The summed E-state index contributed by atoms with van der Waals surface area (Å²) in [7, 11) is 1.81. The van der Waals surface area contributed by atoms with E-state index in [4.69, 9.17) is 21.4 Å². The number of para-hydroxylation sites is 1. The molecule has 1 saturated carbocycles. The first-order chi connectivity index (χ1) is 16.8. The van der Waals surface area contributed by atoms with Gasteiger partial charge in [0.1, 0.15) is 11.4 Å². The van der Waals surface area contributed by atoms with Gasteiger partial charge in [-0.05, 0) is 62.4 Å². The number of hydrogen-bond acceptors (Lipinski definition) is 4. The Labute approximate surface area is 209 Å². The zero-order valence-corrected chi connectivity index (χ0v) is 20.4. The van der Waals surface area contributed by atoms with Gasteiger partial charge in [-0.15, -0.1) is 0 Å². The number of carboxylic acids is 1. The number of nitrogens with one attached hydrogen (secondary N) is 1. The molecule has 1 aliphatic rings. The third-order valence-electron chi connectivity index (χ3n) is 6.63. The highest BCUT2D eigenvalue weighted by molar-refractivity contribution is 6.38. The molecule has 0 unspecified atom stereocenters. The standard InChI is InChI=1S/C27H29ClN2O5/c1-30-22-6-3-2-5-21(22)24(28)25(30)26(32)29-16-4-7-23(31)17-8-12-19(13-9-17)35-20-14-10-18(11-15-20)27(33)34/h2-3,5-6,8-9,12-13,18,20H,4,7,10-11,14-16H2,1H3,(H,29,32)(H,33,34). The Hall–Kier alpha value is -3.32. The molecule has 4 rings (SSSR count). The second-order valence-electron chi connectivity index (χ2n) is 8.98. The number of ether oxygens (including phenoxy) is 1. The number of amides is 1. The molecule has 0 saturated heterocycles. The van der Waals surface area contributed by atoms with Crippen LogP contribution in [-0.2, 0) is 11.8 Å². The fourth-order valence-corrected chi connectivity index (χ4v) is 4.99. The van der Waals surface area contributed by atoms with Crippen molar-refractivity contribution < 1.29 is 24.2 Å². The van der Waals surface area contributed by atoms with Gasteiger partial charge in [0, 0.05) is 36.5 Å². The summed E-state index contributed by atoms with van der Waals surface area (Å²) in [6.07, 6.45) is 3.51. The topological polar surface area (TPSA) is 97.6 Å². The molecule has 0 radical (unpaired) electrons. The van der Waals surface area contributed by atoms with Gasteiger partial charge in [-0.1, -0.05) is 29.8 Å². The van der Waals surface area contributed by atoms with E-state index < -0.39 is 5.97 Å². The Bertz CT molecular complexity index is 1190. The number of fused-ring (bicyclic) bond motifs is 1. The average molecular weight is 497 g/mol. The number of rotatable bonds is 9. The van der Waals surface area contributed by atoms with Gasteiger partial charge in [-0.25, -0.2) is 0 Å². The first-order valence-corrected chi connectivity index (χ1v) is 12.3. The predicted octanol–water partition coefficient (Wildman–Crippen LogP) is 5.25. The van der Waals surface area contributed by atoms with Gasteiger partial charge in [-0.3, -0.25) is 14.4 Å². The predicted molar refractivity (Wildman–Crippen MR) is 134 cm³/mol. The van der Waals surface area contributed by atoms with Crippen molar-refractivity contribution in [3.63, 3.8) is 0 Å². The lowest BCUT2D eigenvalue weighted by molar-refractivity contribution is -0.143. The van der Waals surface area contributed by atoms with Crippen LogP contribution >= 0.6 is 11.6 Å². The van der Waals surface area contributed by atoms with Crippen molar-refractivity contribution in [3.8, 4) is 5.75 Å². The van der Waals surface area contributed by atoms with E-state index in [1.54, 1.807) is 35.9 Å². The molecule has 3 aromatic rings. The minimum absolute atomic E-state index is 0.00426. The summed E-state index contributed by atoms with van der Waals surface area (Å²) in [6.45, 7) is 0.364. The second-order valence-corrected chi connectivity index (χ2v) is 9.35. The summed E-state index contributed by atoms with van der Waals surface area (Å²) in [5.74, 6) is -0.596. The molecule has 1 aliphatic carbocycles. The number of Topliss-reactive ketones (excluding diaryl/α,β-unsaturated/α-hetero) is 1. The highest BCUT2D eigenvalue weighted by Gasteiger charge is 2.27. The summed E-state index contributed by atoms with van der Waals surface area (Å²) in [4.78, 5) is 36.3. The molecule has 184 valence electrons. The molecule has 1 heterocycles. The normalized spacial score (nSPS) is 17.8.